The maximum Gasteiger partial charge on any atom is 0.172 e. The summed E-state index contributed by atoms with van der Waals surface area (Å²) in [6.07, 6.45) is 1.74. The summed E-state index contributed by atoms with van der Waals surface area (Å²) in [6.45, 7) is 6.06. The highest BCUT2D eigenvalue weighted by atomic mass is 35.5. The molecule has 0 aliphatic rings. The molecule has 2 aromatic rings. The molecule has 0 saturated carbocycles. The molecule has 0 radical (unpaired) electrons. The van der Waals surface area contributed by atoms with Crippen molar-refractivity contribution in [1.82, 2.24) is 10.5 Å². The van der Waals surface area contributed by atoms with Gasteiger partial charge in [0.2, 0.25) is 0 Å². The van der Waals surface area contributed by atoms with Crippen LogP contribution in [0.4, 0.5) is 0 Å². The van der Waals surface area contributed by atoms with Gasteiger partial charge in [0, 0.05) is 17.7 Å². The monoisotopic (exact) mass is 264 g/mol. The lowest BCUT2D eigenvalue weighted by Gasteiger charge is -2.07. The molecule has 96 valence electrons. The average Bonchev–Trinajstić information content (AvgIpc) is 2.77. The van der Waals surface area contributed by atoms with Crippen molar-refractivity contribution in [3.8, 4) is 11.3 Å². The van der Waals surface area contributed by atoms with Crippen LogP contribution in [-0.4, -0.2) is 11.7 Å². The van der Waals surface area contributed by atoms with Crippen molar-refractivity contribution in [3.05, 3.63) is 41.0 Å². The summed E-state index contributed by atoms with van der Waals surface area (Å²) in [4.78, 5) is 0. The Kier molecular flexibility index (Phi) is 4.39. The van der Waals surface area contributed by atoms with Crippen LogP contribution in [0, 0.1) is 5.92 Å². The lowest BCUT2D eigenvalue weighted by atomic mass is 10.1. The molecular formula is C14H17ClN2O. The highest BCUT2D eigenvalue weighted by Crippen LogP contribution is 2.30. The molecule has 2 rings (SSSR count). The van der Waals surface area contributed by atoms with Crippen molar-refractivity contribution in [2.24, 2.45) is 5.92 Å². The minimum Gasteiger partial charge on any atom is -0.356 e. The van der Waals surface area contributed by atoms with Gasteiger partial charge in [0.25, 0.3) is 0 Å². The molecule has 0 unspecified atom stereocenters. The minimum absolute atomic E-state index is 0.619. The molecule has 1 aromatic heterocycles. The van der Waals surface area contributed by atoms with Gasteiger partial charge in [0.15, 0.2) is 5.76 Å². The van der Waals surface area contributed by atoms with Crippen molar-refractivity contribution in [2.45, 2.75) is 20.4 Å². The van der Waals surface area contributed by atoms with Gasteiger partial charge in [-0.05, 0) is 24.6 Å². The van der Waals surface area contributed by atoms with E-state index >= 15 is 0 Å². The molecule has 0 amide bonds. The first-order chi connectivity index (χ1) is 8.68. The zero-order chi connectivity index (χ0) is 13.0. The Hall–Kier alpha value is -1.32. The van der Waals surface area contributed by atoms with Crippen LogP contribution in [0.5, 0.6) is 0 Å². The van der Waals surface area contributed by atoms with E-state index in [1.807, 2.05) is 24.3 Å². The largest absolute Gasteiger partial charge is 0.356 e. The molecule has 0 aliphatic carbocycles. The van der Waals surface area contributed by atoms with E-state index < -0.39 is 0 Å². The zero-order valence-electron chi connectivity index (χ0n) is 10.6. The third kappa shape index (κ3) is 3.12. The first kappa shape index (κ1) is 13.1. The quantitative estimate of drug-likeness (QED) is 0.894. The molecule has 0 spiro atoms. The van der Waals surface area contributed by atoms with Crippen LogP contribution in [0.2, 0.25) is 5.02 Å². The van der Waals surface area contributed by atoms with Gasteiger partial charge in [-0.3, -0.25) is 0 Å². The van der Waals surface area contributed by atoms with Crippen molar-refractivity contribution >= 4 is 11.6 Å². The average molecular weight is 265 g/mol. The summed E-state index contributed by atoms with van der Waals surface area (Å²) in [5.74, 6) is 1.37. The van der Waals surface area contributed by atoms with Gasteiger partial charge in [-0.15, -0.1) is 0 Å². The highest BCUT2D eigenvalue weighted by Gasteiger charge is 2.13. The fourth-order valence-corrected chi connectivity index (χ4v) is 1.97. The summed E-state index contributed by atoms with van der Waals surface area (Å²) in [7, 11) is 0. The standard InChI is InChI=1S/C14H17ClN2O/c1-10(2)7-16-8-11-9-17-18-14(11)12-5-3-4-6-13(12)15/h3-6,9-10,16H,7-8H2,1-2H3. The van der Waals surface area contributed by atoms with Crippen molar-refractivity contribution in [2.75, 3.05) is 6.54 Å². The molecule has 1 N–H and O–H groups in total. The summed E-state index contributed by atoms with van der Waals surface area (Å²) in [5.41, 5.74) is 1.92. The number of nitrogens with zero attached hydrogens (tertiary/aromatic N) is 1. The lowest BCUT2D eigenvalue weighted by molar-refractivity contribution is 0.431. The van der Waals surface area contributed by atoms with Crippen LogP contribution >= 0.6 is 11.6 Å². The van der Waals surface area contributed by atoms with Crippen LogP contribution in [0.25, 0.3) is 11.3 Å². The Morgan fingerprint density at radius 2 is 2.11 bits per heavy atom. The van der Waals surface area contributed by atoms with Crippen LogP contribution in [0.15, 0.2) is 35.0 Å². The summed E-state index contributed by atoms with van der Waals surface area (Å²) >= 11 is 6.16. The number of aromatic nitrogens is 1. The van der Waals surface area contributed by atoms with Crippen LogP contribution < -0.4 is 5.32 Å². The Balaban J connectivity index is 2.15. The first-order valence-corrected chi connectivity index (χ1v) is 6.45. The molecular weight excluding hydrogens is 248 g/mol. The summed E-state index contributed by atoms with van der Waals surface area (Å²) in [6, 6.07) is 7.63. The smallest absolute Gasteiger partial charge is 0.172 e. The zero-order valence-corrected chi connectivity index (χ0v) is 11.4. The molecule has 0 saturated heterocycles. The van der Waals surface area contributed by atoms with E-state index in [4.69, 9.17) is 16.1 Å². The second-order valence-electron chi connectivity index (χ2n) is 4.68. The Morgan fingerprint density at radius 3 is 2.83 bits per heavy atom. The van der Waals surface area contributed by atoms with E-state index in [9.17, 15) is 0 Å². The predicted octanol–water partition coefficient (Wildman–Crippen LogP) is 3.74. The highest BCUT2D eigenvalue weighted by molar-refractivity contribution is 6.33. The van der Waals surface area contributed by atoms with Crippen molar-refractivity contribution in [1.29, 1.82) is 0 Å². The van der Waals surface area contributed by atoms with Crippen LogP contribution in [0.1, 0.15) is 19.4 Å². The number of benzene rings is 1. The third-order valence-corrected chi connectivity index (χ3v) is 2.96. The maximum absolute atomic E-state index is 6.16. The van der Waals surface area contributed by atoms with Crippen molar-refractivity contribution < 1.29 is 4.52 Å². The van der Waals surface area contributed by atoms with Gasteiger partial charge < -0.3 is 9.84 Å². The number of halogens is 1. The van der Waals surface area contributed by atoms with E-state index in [2.05, 4.69) is 24.3 Å². The van der Waals surface area contributed by atoms with E-state index in [1.54, 1.807) is 6.20 Å². The van der Waals surface area contributed by atoms with Gasteiger partial charge in [0.05, 0.1) is 11.2 Å². The van der Waals surface area contributed by atoms with Gasteiger partial charge in [-0.25, -0.2) is 0 Å². The fraction of sp³-hybridized carbons (Fsp3) is 0.357. The minimum atomic E-state index is 0.619. The predicted molar refractivity (Wildman–Crippen MR) is 73.5 cm³/mol. The summed E-state index contributed by atoms with van der Waals surface area (Å²) < 4.78 is 5.31. The van der Waals surface area contributed by atoms with Gasteiger partial charge in [-0.1, -0.05) is 42.7 Å². The molecule has 1 aromatic carbocycles. The SMILES string of the molecule is CC(C)CNCc1cnoc1-c1ccccc1Cl. The first-order valence-electron chi connectivity index (χ1n) is 6.07. The molecule has 0 fully saturated rings. The van der Waals surface area contributed by atoms with E-state index in [-0.39, 0.29) is 0 Å². The number of nitrogens with one attached hydrogen (secondary N) is 1. The number of rotatable bonds is 5. The molecule has 0 atom stereocenters. The molecule has 4 heteroatoms. The Morgan fingerprint density at radius 1 is 1.33 bits per heavy atom. The lowest BCUT2D eigenvalue weighted by Crippen LogP contribution is -2.18. The second-order valence-corrected chi connectivity index (χ2v) is 5.09. The summed E-state index contributed by atoms with van der Waals surface area (Å²) in [5, 5.41) is 7.92. The fourth-order valence-electron chi connectivity index (χ4n) is 1.75. The maximum atomic E-state index is 6.16. The second kappa shape index (κ2) is 6.03. The third-order valence-electron chi connectivity index (χ3n) is 2.63. The molecule has 18 heavy (non-hydrogen) atoms. The van der Waals surface area contributed by atoms with E-state index in [1.165, 1.54) is 0 Å². The molecule has 0 aliphatic heterocycles. The van der Waals surface area contributed by atoms with Crippen LogP contribution in [0.3, 0.4) is 0 Å². The topological polar surface area (TPSA) is 38.1 Å². The van der Waals surface area contributed by atoms with Crippen molar-refractivity contribution in [3.63, 3.8) is 0 Å². The normalized spacial score (nSPS) is 11.1. The Bertz CT molecular complexity index is 508. The van der Waals surface area contributed by atoms with Crippen LogP contribution in [-0.2, 0) is 6.54 Å². The van der Waals surface area contributed by atoms with Gasteiger partial charge in [-0.2, -0.15) is 0 Å². The molecule has 1 heterocycles. The number of hydrogen-bond acceptors (Lipinski definition) is 3. The Labute approximate surface area is 112 Å². The van der Waals surface area contributed by atoms with E-state index in [0.717, 1.165) is 30.0 Å². The van der Waals surface area contributed by atoms with Gasteiger partial charge in [0.1, 0.15) is 0 Å². The molecule has 3 nitrogen and oxygen atoms in total. The van der Waals surface area contributed by atoms with E-state index in [0.29, 0.717) is 10.9 Å². The van der Waals surface area contributed by atoms with Gasteiger partial charge >= 0.3 is 0 Å². The number of hydrogen-bond donors (Lipinski definition) is 1. The molecule has 0 bridgehead atoms.